The molecule has 1 unspecified atom stereocenters. The summed E-state index contributed by atoms with van der Waals surface area (Å²) in [7, 11) is 0. The molecule has 0 aromatic carbocycles. The summed E-state index contributed by atoms with van der Waals surface area (Å²) in [5.74, 6) is 0. The van der Waals surface area contributed by atoms with Crippen molar-refractivity contribution in [3.8, 4) is 0 Å². The average molecular weight is 927 g/mol. The molecule has 4 nitrogen and oxygen atoms in total. The van der Waals surface area contributed by atoms with E-state index in [2.05, 4.69) is 96.1 Å². The molecule has 0 saturated carbocycles. The fourth-order valence-corrected chi connectivity index (χ4v) is 7.43. The second-order valence-electron chi connectivity index (χ2n) is 11.5. The summed E-state index contributed by atoms with van der Waals surface area (Å²) >= 11 is 0. The SMILES string of the molecule is CCC1=C(CC)C2=NC1=CC1=CC(CC)(CC)C(C=C3N=C(C=c4[nH]c(c(CC)c4CC)=C2)C(CC)=C3CC)N1.[Pt].[Pt]. The van der Waals surface area contributed by atoms with Gasteiger partial charge >= 0.3 is 0 Å². The van der Waals surface area contributed by atoms with Crippen LogP contribution in [-0.4, -0.2) is 22.4 Å². The molecule has 0 amide bonds. The van der Waals surface area contributed by atoms with Gasteiger partial charge in [-0.3, -0.25) is 0 Å². The van der Waals surface area contributed by atoms with Gasteiger partial charge in [0.2, 0.25) is 0 Å². The number of hydrogen-bond donors (Lipinski definition) is 2. The number of fused-ring (bicyclic) bond motifs is 6. The summed E-state index contributed by atoms with van der Waals surface area (Å²) in [6.45, 7) is 18.3. The zero-order valence-electron chi connectivity index (χ0n) is 26.6. The normalized spacial score (nSPS) is 20.4. The molecule has 4 aliphatic rings. The molecule has 1 aromatic rings. The van der Waals surface area contributed by atoms with E-state index in [1.807, 2.05) is 0 Å². The standard InChI is InChI=1S/C36H48N4.2Pt/c1-9-23-24(10-2)30-18-31-25(11-3)26(12-4)32(39-31)19-33-27(13-5)28(14-6)34(40-33)20-35-36(15-7,16-8)21-22(37-35)17-29(23)38-30;;/h17-21,35,37,39H,9-16H2,1-8H3;;. The number of aliphatic imine (C=N–C) groups is 2. The van der Waals surface area contributed by atoms with Crippen molar-refractivity contribution in [2.24, 2.45) is 15.4 Å². The van der Waals surface area contributed by atoms with Crippen LogP contribution in [0.25, 0.3) is 12.2 Å². The molecule has 4 aliphatic heterocycles. The van der Waals surface area contributed by atoms with Crippen LogP contribution in [0, 0.1) is 5.41 Å². The fraction of sp³-hybridized carbons (Fsp3) is 0.500. The minimum absolute atomic E-state index is 0. The van der Waals surface area contributed by atoms with Gasteiger partial charge in [0.05, 0.1) is 28.9 Å². The molecule has 42 heavy (non-hydrogen) atoms. The Labute approximate surface area is 282 Å². The average Bonchev–Trinajstić information content (AvgIpc) is 3.68. The summed E-state index contributed by atoms with van der Waals surface area (Å²) in [6, 6.07) is 0.200. The van der Waals surface area contributed by atoms with E-state index in [0.717, 1.165) is 74.2 Å². The van der Waals surface area contributed by atoms with Gasteiger partial charge in [-0.15, -0.1) is 0 Å². The van der Waals surface area contributed by atoms with Gasteiger partial charge < -0.3 is 10.3 Å². The molecule has 0 saturated heterocycles. The van der Waals surface area contributed by atoms with Crippen molar-refractivity contribution in [3.63, 3.8) is 0 Å². The fourth-order valence-electron chi connectivity index (χ4n) is 7.43. The maximum absolute atomic E-state index is 5.34. The molecule has 1 atom stereocenters. The maximum atomic E-state index is 5.34. The van der Waals surface area contributed by atoms with Gasteiger partial charge in [0.25, 0.3) is 0 Å². The van der Waals surface area contributed by atoms with E-state index in [1.54, 1.807) is 0 Å². The number of aromatic amines is 1. The van der Waals surface area contributed by atoms with E-state index in [-0.39, 0.29) is 53.6 Å². The zero-order chi connectivity index (χ0) is 28.6. The van der Waals surface area contributed by atoms with E-state index >= 15 is 0 Å². The first-order valence-electron chi connectivity index (χ1n) is 15.9. The molecule has 2 N–H and O–H groups in total. The maximum Gasteiger partial charge on any atom is 0.0693 e. The monoisotopic (exact) mass is 926 g/mol. The number of nitrogens with zero attached hydrogens (tertiary/aromatic N) is 2. The largest absolute Gasteiger partial charge is 0.378 e. The van der Waals surface area contributed by atoms with E-state index in [1.165, 1.54) is 49.8 Å². The van der Waals surface area contributed by atoms with Gasteiger partial charge in [-0.05, 0) is 109 Å². The van der Waals surface area contributed by atoms with Gasteiger partial charge in [-0.2, -0.15) is 0 Å². The Morgan fingerprint density at radius 1 is 0.619 bits per heavy atom. The molecule has 0 spiro atoms. The van der Waals surface area contributed by atoms with Crippen LogP contribution in [0.4, 0.5) is 0 Å². The molecule has 0 fully saturated rings. The van der Waals surface area contributed by atoms with Crippen molar-refractivity contribution in [1.29, 1.82) is 0 Å². The summed E-state index contributed by atoms with van der Waals surface area (Å²) in [4.78, 5) is 14.5. The van der Waals surface area contributed by atoms with E-state index in [9.17, 15) is 0 Å². The first-order valence-corrected chi connectivity index (χ1v) is 15.9. The number of aromatic nitrogens is 1. The molecule has 0 aliphatic carbocycles. The third-order valence-corrected chi connectivity index (χ3v) is 9.73. The Kier molecular flexibility index (Phi) is 11.9. The number of allylic oxidation sites excluding steroid dienone is 5. The quantitative estimate of drug-likeness (QED) is 0.283. The van der Waals surface area contributed by atoms with Gasteiger partial charge in [0.1, 0.15) is 0 Å². The van der Waals surface area contributed by atoms with Crippen LogP contribution in [0.1, 0.15) is 105 Å². The Bertz CT molecular complexity index is 1550. The molecule has 8 bridgehead atoms. The van der Waals surface area contributed by atoms with E-state index < -0.39 is 0 Å². The Morgan fingerprint density at radius 2 is 1.10 bits per heavy atom. The van der Waals surface area contributed by atoms with Crippen molar-refractivity contribution < 1.29 is 42.1 Å². The van der Waals surface area contributed by atoms with E-state index in [4.69, 9.17) is 9.98 Å². The molecular weight excluding hydrogens is 879 g/mol. The number of nitrogens with one attached hydrogen (secondary N) is 2. The van der Waals surface area contributed by atoms with Crippen molar-refractivity contribution in [2.75, 3.05) is 0 Å². The number of rotatable bonds is 8. The summed E-state index contributed by atoms with van der Waals surface area (Å²) in [5.41, 5.74) is 14.1. The van der Waals surface area contributed by atoms with Crippen LogP contribution in [0.3, 0.4) is 0 Å². The van der Waals surface area contributed by atoms with Gasteiger partial charge in [-0.25, -0.2) is 9.98 Å². The summed E-state index contributed by atoms with van der Waals surface area (Å²) in [5, 5.41) is 6.32. The second kappa shape index (κ2) is 14.3. The van der Waals surface area contributed by atoms with Crippen LogP contribution in [-0.2, 0) is 55.0 Å². The minimum Gasteiger partial charge on any atom is -0.378 e. The van der Waals surface area contributed by atoms with Crippen molar-refractivity contribution in [2.45, 2.75) is 113 Å². The Balaban J connectivity index is 0.00000242. The van der Waals surface area contributed by atoms with Gasteiger partial charge in [0, 0.05) is 63.9 Å². The van der Waals surface area contributed by atoms with Crippen molar-refractivity contribution >= 4 is 23.6 Å². The zero-order valence-corrected chi connectivity index (χ0v) is 31.2. The third kappa shape index (κ3) is 5.85. The Hall–Kier alpha value is -1.76. The van der Waals surface area contributed by atoms with E-state index in [0.29, 0.717) is 0 Å². The summed E-state index contributed by atoms with van der Waals surface area (Å²) < 4.78 is 0. The minimum atomic E-state index is 0. The van der Waals surface area contributed by atoms with Crippen LogP contribution >= 0.6 is 0 Å². The molecule has 232 valence electrons. The second-order valence-corrected chi connectivity index (χ2v) is 11.5. The van der Waals surface area contributed by atoms with Crippen LogP contribution < -0.4 is 16.0 Å². The summed E-state index contributed by atoms with van der Waals surface area (Å²) in [6.07, 6.45) is 19.9. The molecule has 6 heteroatoms. The predicted octanol–water partition coefficient (Wildman–Crippen LogP) is 7.28. The molecule has 1 aromatic heterocycles. The molecule has 5 heterocycles. The Morgan fingerprint density at radius 3 is 1.55 bits per heavy atom. The number of hydrogen-bond acceptors (Lipinski definition) is 3. The third-order valence-electron chi connectivity index (χ3n) is 9.73. The number of H-pyrrole nitrogens is 1. The molecule has 0 radical (unpaired) electrons. The van der Waals surface area contributed by atoms with Crippen LogP contribution in [0.2, 0.25) is 0 Å². The smallest absolute Gasteiger partial charge is 0.0693 e. The van der Waals surface area contributed by atoms with Crippen LogP contribution in [0.5, 0.6) is 0 Å². The van der Waals surface area contributed by atoms with Crippen LogP contribution in [0.15, 0.2) is 67.6 Å². The molecular formula is C36H48N4Pt2. The first-order chi connectivity index (χ1) is 19.4. The predicted molar refractivity (Wildman–Crippen MR) is 172 cm³/mol. The van der Waals surface area contributed by atoms with Gasteiger partial charge in [-0.1, -0.05) is 61.5 Å². The van der Waals surface area contributed by atoms with Gasteiger partial charge in [0.15, 0.2) is 0 Å². The first kappa shape index (κ1) is 34.7. The van der Waals surface area contributed by atoms with Crippen molar-refractivity contribution in [3.05, 3.63) is 79.4 Å². The topological polar surface area (TPSA) is 52.5 Å². The van der Waals surface area contributed by atoms with Crippen molar-refractivity contribution in [1.82, 2.24) is 10.3 Å². The molecule has 5 rings (SSSR count).